The Balaban J connectivity index is 1.38. The van der Waals surface area contributed by atoms with Gasteiger partial charge in [0.1, 0.15) is 19.0 Å². The molecule has 1 N–H and O–H groups in total. The zero-order valence-electron chi connectivity index (χ0n) is 12.2. The van der Waals surface area contributed by atoms with Gasteiger partial charge in [-0.25, -0.2) is 0 Å². The second kappa shape index (κ2) is 9.55. The molecule has 0 aliphatic carbocycles. The van der Waals surface area contributed by atoms with Crippen LogP contribution in [0.25, 0.3) is 0 Å². The van der Waals surface area contributed by atoms with Gasteiger partial charge in [-0.3, -0.25) is 4.79 Å². The van der Waals surface area contributed by atoms with Gasteiger partial charge in [0, 0.05) is 19.8 Å². The molecule has 1 unspecified atom stereocenters. The number of nitrogens with one attached hydrogen (secondary N) is 1. The van der Waals surface area contributed by atoms with Crippen LogP contribution < -0.4 is 5.32 Å². The molecule has 0 aromatic carbocycles. The van der Waals surface area contributed by atoms with Crippen molar-refractivity contribution in [3.8, 4) is 0 Å². The SMILES string of the molecule is O=C(COCC1CCCO1)NCCCOCc1ccco1. The molecule has 0 radical (unpaired) electrons. The van der Waals surface area contributed by atoms with Gasteiger partial charge in [-0.2, -0.15) is 0 Å². The van der Waals surface area contributed by atoms with Crippen LogP contribution in [0.5, 0.6) is 0 Å². The van der Waals surface area contributed by atoms with Crippen molar-refractivity contribution in [2.24, 2.45) is 0 Å². The molecule has 1 aromatic heterocycles. The lowest BCUT2D eigenvalue weighted by atomic mass is 10.2. The summed E-state index contributed by atoms with van der Waals surface area (Å²) in [5.74, 6) is 0.709. The highest BCUT2D eigenvalue weighted by Crippen LogP contribution is 2.11. The fourth-order valence-electron chi connectivity index (χ4n) is 2.08. The summed E-state index contributed by atoms with van der Waals surface area (Å²) in [6.45, 7) is 3.02. The van der Waals surface area contributed by atoms with Gasteiger partial charge in [-0.1, -0.05) is 0 Å². The third-order valence-corrected chi connectivity index (χ3v) is 3.17. The van der Waals surface area contributed by atoms with Crippen LogP contribution in [0.4, 0.5) is 0 Å². The first-order valence-electron chi connectivity index (χ1n) is 7.41. The number of rotatable bonds is 10. The molecule has 21 heavy (non-hydrogen) atoms. The van der Waals surface area contributed by atoms with Crippen LogP contribution in [-0.4, -0.2) is 45.0 Å². The summed E-state index contributed by atoms with van der Waals surface area (Å²) in [5.41, 5.74) is 0. The van der Waals surface area contributed by atoms with E-state index in [4.69, 9.17) is 18.6 Å². The normalized spacial score (nSPS) is 18.0. The van der Waals surface area contributed by atoms with E-state index in [9.17, 15) is 4.79 Å². The zero-order chi connectivity index (χ0) is 14.8. The minimum atomic E-state index is -0.0981. The second-order valence-corrected chi connectivity index (χ2v) is 4.99. The average Bonchev–Trinajstić information content (AvgIpc) is 3.16. The molecule has 0 spiro atoms. The van der Waals surface area contributed by atoms with Crippen LogP contribution in [0, 0.1) is 0 Å². The average molecular weight is 297 g/mol. The lowest BCUT2D eigenvalue weighted by Crippen LogP contribution is -2.30. The molecule has 1 aliphatic heterocycles. The molecule has 2 rings (SSSR count). The summed E-state index contributed by atoms with van der Waals surface area (Å²) >= 11 is 0. The van der Waals surface area contributed by atoms with E-state index in [-0.39, 0.29) is 18.6 Å². The van der Waals surface area contributed by atoms with Crippen molar-refractivity contribution in [2.75, 3.05) is 33.0 Å². The smallest absolute Gasteiger partial charge is 0.246 e. The van der Waals surface area contributed by atoms with Gasteiger partial charge < -0.3 is 23.9 Å². The highest BCUT2D eigenvalue weighted by Gasteiger charge is 2.15. The number of carbonyl (C=O) groups is 1. The van der Waals surface area contributed by atoms with E-state index >= 15 is 0 Å². The first kappa shape index (κ1) is 16.0. The van der Waals surface area contributed by atoms with E-state index in [2.05, 4.69) is 5.32 Å². The highest BCUT2D eigenvalue weighted by molar-refractivity contribution is 5.77. The molecule has 1 aliphatic rings. The van der Waals surface area contributed by atoms with Crippen molar-refractivity contribution in [2.45, 2.75) is 32.0 Å². The molecule has 6 heteroatoms. The Kier molecular flexibility index (Phi) is 7.28. The van der Waals surface area contributed by atoms with E-state index < -0.39 is 0 Å². The first-order valence-corrected chi connectivity index (χ1v) is 7.41. The Morgan fingerprint density at radius 3 is 3.14 bits per heavy atom. The van der Waals surface area contributed by atoms with Crippen molar-refractivity contribution in [3.05, 3.63) is 24.2 Å². The molecule has 1 fully saturated rings. The van der Waals surface area contributed by atoms with Gasteiger partial charge >= 0.3 is 0 Å². The van der Waals surface area contributed by atoms with E-state index in [0.717, 1.165) is 31.6 Å². The molecule has 1 atom stereocenters. The largest absolute Gasteiger partial charge is 0.467 e. The Hall–Kier alpha value is -1.37. The maximum absolute atomic E-state index is 11.5. The lowest BCUT2D eigenvalue weighted by molar-refractivity contribution is -0.126. The quantitative estimate of drug-likeness (QED) is 0.663. The van der Waals surface area contributed by atoms with Gasteiger partial charge in [0.15, 0.2) is 0 Å². The molecule has 0 bridgehead atoms. The van der Waals surface area contributed by atoms with Gasteiger partial charge in [0.25, 0.3) is 0 Å². The van der Waals surface area contributed by atoms with Gasteiger partial charge in [-0.05, 0) is 31.4 Å². The van der Waals surface area contributed by atoms with Crippen molar-refractivity contribution in [1.82, 2.24) is 5.32 Å². The monoisotopic (exact) mass is 297 g/mol. The predicted octanol–water partition coefficient (Wildman–Crippen LogP) is 1.50. The van der Waals surface area contributed by atoms with E-state index in [1.165, 1.54) is 0 Å². The third kappa shape index (κ3) is 6.75. The Morgan fingerprint density at radius 2 is 2.38 bits per heavy atom. The molecule has 1 aromatic rings. The topological polar surface area (TPSA) is 69.9 Å². The molecule has 118 valence electrons. The van der Waals surface area contributed by atoms with Gasteiger partial charge in [-0.15, -0.1) is 0 Å². The lowest BCUT2D eigenvalue weighted by Gasteiger charge is -2.10. The minimum Gasteiger partial charge on any atom is -0.467 e. The molecule has 6 nitrogen and oxygen atoms in total. The third-order valence-electron chi connectivity index (χ3n) is 3.17. The predicted molar refractivity (Wildman–Crippen MR) is 75.8 cm³/mol. The van der Waals surface area contributed by atoms with Crippen LogP contribution in [0.3, 0.4) is 0 Å². The van der Waals surface area contributed by atoms with Crippen molar-refractivity contribution in [3.63, 3.8) is 0 Å². The van der Waals surface area contributed by atoms with Crippen LogP contribution in [-0.2, 0) is 25.6 Å². The van der Waals surface area contributed by atoms with E-state index in [0.29, 0.717) is 26.4 Å². The van der Waals surface area contributed by atoms with Crippen LogP contribution >= 0.6 is 0 Å². The van der Waals surface area contributed by atoms with Crippen LogP contribution in [0.2, 0.25) is 0 Å². The highest BCUT2D eigenvalue weighted by atomic mass is 16.5. The van der Waals surface area contributed by atoms with Crippen molar-refractivity contribution < 1.29 is 23.4 Å². The second-order valence-electron chi connectivity index (χ2n) is 4.99. The number of furan rings is 1. The summed E-state index contributed by atoms with van der Waals surface area (Å²) in [5, 5.41) is 2.79. The Bertz CT molecular complexity index is 387. The zero-order valence-corrected chi connectivity index (χ0v) is 12.2. The summed E-state index contributed by atoms with van der Waals surface area (Å²) < 4.78 is 21.3. The van der Waals surface area contributed by atoms with E-state index in [1.54, 1.807) is 6.26 Å². The molecular weight excluding hydrogens is 274 g/mol. The van der Waals surface area contributed by atoms with Gasteiger partial charge in [0.2, 0.25) is 5.91 Å². The molecule has 2 heterocycles. The summed E-state index contributed by atoms with van der Waals surface area (Å²) in [7, 11) is 0. The maximum atomic E-state index is 11.5. The number of hydrogen-bond acceptors (Lipinski definition) is 5. The van der Waals surface area contributed by atoms with Crippen LogP contribution in [0.1, 0.15) is 25.0 Å². The van der Waals surface area contributed by atoms with Gasteiger partial charge in [0.05, 0.1) is 19.0 Å². The molecule has 1 saturated heterocycles. The summed E-state index contributed by atoms with van der Waals surface area (Å²) in [6.07, 6.45) is 4.65. The first-order chi connectivity index (χ1) is 10.3. The van der Waals surface area contributed by atoms with Crippen LogP contribution in [0.15, 0.2) is 22.8 Å². The summed E-state index contributed by atoms with van der Waals surface area (Å²) in [6, 6.07) is 3.70. The minimum absolute atomic E-state index is 0.0904. The standard InChI is InChI=1S/C15H23NO5/c17-15(12-19-11-14-5-2-9-21-14)16-6-3-7-18-10-13-4-1-8-20-13/h1,4,8,14H,2-3,5-7,9-12H2,(H,16,17). The van der Waals surface area contributed by atoms with Crippen molar-refractivity contribution in [1.29, 1.82) is 0 Å². The molecule has 1 amide bonds. The molecule has 0 saturated carbocycles. The maximum Gasteiger partial charge on any atom is 0.246 e. The fraction of sp³-hybridized carbons (Fsp3) is 0.667. The summed E-state index contributed by atoms with van der Waals surface area (Å²) in [4.78, 5) is 11.5. The Morgan fingerprint density at radius 1 is 1.43 bits per heavy atom. The Labute approximate surface area is 124 Å². The number of hydrogen-bond donors (Lipinski definition) is 1. The number of ether oxygens (including phenoxy) is 3. The van der Waals surface area contributed by atoms with Crippen molar-refractivity contribution >= 4 is 5.91 Å². The van der Waals surface area contributed by atoms with E-state index in [1.807, 2.05) is 12.1 Å². The number of amides is 1. The number of carbonyl (C=O) groups excluding carboxylic acids is 1. The molecular formula is C15H23NO5. The fourth-order valence-corrected chi connectivity index (χ4v) is 2.08.